The molecule has 0 spiro atoms. The summed E-state index contributed by atoms with van der Waals surface area (Å²) < 4.78 is 5.69. The Labute approximate surface area is 134 Å². The molecule has 0 fully saturated rings. The maximum absolute atomic E-state index is 5.69. The highest BCUT2D eigenvalue weighted by atomic mass is 16.5. The van der Waals surface area contributed by atoms with E-state index in [4.69, 9.17) is 4.74 Å². The van der Waals surface area contributed by atoms with E-state index in [0.29, 0.717) is 6.61 Å². The van der Waals surface area contributed by atoms with Crippen LogP contribution in [0.2, 0.25) is 0 Å². The zero-order valence-corrected chi connectivity index (χ0v) is 14.4. The Morgan fingerprint density at radius 2 is 1.91 bits per heavy atom. The number of guanidine groups is 1. The molecule has 1 aromatic rings. The van der Waals surface area contributed by atoms with Gasteiger partial charge in [0.1, 0.15) is 12.4 Å². The molecule has 0 saturated carbocycles. The molecule has 0 aliphatic carbocycles. The van der Waals surface area contributed by atoms with Gasteiger partial charge >= 0.3 is 0 Å². The topological polar surface area (TPSA) is 48.9 Å². The summed E-state index contributed by atoms with van der Waals surface area (Å²) in [5.41, 5.74) is 1.24. The predicted molar refractivity (Wildman–Crippen MR) is 93.8 cm³/mol. The third-order valence-electron chi connectivity index (χ3n) is 3.06. The second kappa shape index (κ2) is 10.9. The highest BCUT2D eigenvalue weighted by Gasteiger charge is 1.98. The van der Waals surface area contributed by atoms with E-state index in [2.05, 4.69) is 60.6 Å². The van der Waals surface area contributed by atoms with Crippen LogP contribution >= 0.6 is 0 Å². The summed E-state index contributed by atoms with van der Waals surface area (Å²) in [5.74, 6) is 1.76. The first-order chi connectivity index (χ1) is 10.6. The summed E-state index contributed by atoms with van der Waals surface area (Å²) >= 11 is 0. The molecule has 0 atom stereocenters. The van der Waals surface area contributed by atoms with Gasteiger partial charge in [0, 0.05) is 13.1 Å². The zero-order chi connectivity index (χ0) is 16.2. The van der Waals surface area contributed by atoms with E-state index in [1.165, 1.54) is 5.56 Å². The minimum Gasteiger partial charge on any atom is -0.492 e. The van der Waals surface area contributed by atoms with Gasteiger partial charge in [-0.15, -0.1) is 0 Å². The second-order valence-corrected chi connectivity index (χ2v) is 5.51. The van der Waals surface area contributed by atoms with Crippen LogP contribution in [0.3, 0.4) is 0 Å². The first-order valence-electron chi connectivity index (χ1n) is 7.98. The van der Waals surface area contributed by atoms with Gasteiger partial charge in [-0.3, -0.25) is 4.99 Å². The molecule has 0 amide bonds. The minimum atomic E-state index is 0.616. The van der Waals surface area contributed by atoms with Crippen molar-refractivity contribution in [2.24, 2.45) is 4.99 Å². The van der Waals surface area contributed by atoms with E-state index in [0.717, 1.165) is 44.3 Å². The van der Waals surface area contributed by atoms with Crippen molar-refractivity contribution in [3.8, 4) is 5.75 Å². The minimum absolute atomic E-state index is 0.616. The molecule has 0 bridgehead atoms. The van der Waals surface area contributed by atoms with E-state index >= 15 is 0 Å². The summed E-state index contributed by atoms with van der Waals surface area (Å²) in [7, 11) is 4.16. The fourth-order valence-electron chi connectivity index (χ4n) is 1.89. The molecule has 5 nitrogen and oxygen atoms in total. The SMILES string of the molecule is CCNC(=NCCCN(C)C)NCCOc1ccc(C)cc1. The van der Waals surface area contributed by atoms with Gasteiger partial charge in [-0.2, -0.15) is 0 Å². The summed E-state index contributed by atoms with van der Waals surface area (Å²) in [5, 5.41) is 6.54. The molecule has 0 aliphatic heterocycles. The molecule has 0 aliphatic rings. The Kier molecular flexibility index (Phi) is 9.07. The van der Waals surface area contributed by atoms with Crippen LogP contribution in [0.5, 0.6) is 5.75 Å². The molecular formula is C17H30N4O. The van der Waals surface area contributed by atoms with Crippen LogP contribution in [0, 0.1) is 6.92 Å². The van der Waals surface area contributed by atoms with Crippen molar-refractivity contribution in [2.75, 3.05) is 46.9 Å². The lowest BCUT2D eigenvalue weighted by atomic mass is 10.2. The third kappa shape index (κ3) is 8.52. The molecule has 0 aromatic heterocycles. The van der Waals surface area contributed by atoms with Gasteiger partial charge in [-0.1, -0.05) is 17.7 Å². The number of hydrogen-bond donors (Lipinski definition) is 2. The van der Waals surface area contributed by atoms with Crippen molar-refractivity contribution in [1.82, 2.24) is 15.5 Å². The lowest BCUT2D eigenvalue weighted by molar-refractivity contribution is 0.322. The Hall–Kier alpha value is -1.75. The zero-order valence-electron chi connectivity index (χ0n) is 14.4. The Bertz CT molecular complexity index is 429. The quantitative estimate of drug-likeness (QED) is 0.415. The lowest BCUT2D eigenvalue weighted by Gasteiger charge is -2.13. The lowest BCUT2D eigenvalue weighted by Crippen LogP contribution is -2.39. The van der Waals surface area contributed by atoms with E-state index in [9.17, 15) is 0 Å². The number of ether oxygens (including phenoxy) is 1. The van der Waals surface area contributed by atoms with E-state index in [-0.39, 0.29) is 0 Å². The number of aliphatic imine (C=N–C) groups is 1. The van der Waals surface area contributed by atoms with Gasteiger partial charge in [0.15, 0.2) is 5.96 Å². The average molecular weight is 306 g/mol. The van der Waals surface area contributed by atoms with Crippen LogP contribution in [-0.4, -0.2) is 57.7 Å². The van der Waals surface area contributed by atoms with Crippen molar-refractivity contribution < 1.29 is 4.74 Å². The number of aryl methyl sites for hydroxylation is 1. The molecular weight excluding hydrogens is 276 g/mol. The maximum Gasteiger partial charge on any atom is 0.191 e. The van der Waals surface area contributed by atoms with Crippen LogP contribution in [0.15, 0.2) is 29.3 Å². The third-order valence-corrected chi connectivity index (χ3v) is 3.06. The fraction of sp³-hybridized carbons (Fsp3) is 0.588. The molecule has 1 aromatic carbocycles. The van der Waals surface area contributed by atoms with Gasteiger partial charge in [0.25, 0.3) is 0 Å². The van der Waals surface area contributed by atoms with Gasteiger partial charge in [-0.05, 0) is 53.0 Å². The van der Waals surface area contributed by atoms with Gasteiger partial charge < -0.3 is 20.3 Å². The van der Waals surface area contributed by atoms with Crippen LogP contribution < -0.4 is 15.4 Å². The highest BCUT2D eigenvalue weighted by Crippen LogP contribution is 2.10. The molecule has 0 saturated heterocycles. The van der Waals surface area contributed by atoms with E-state index in [1.54, 1.807) is 0 Å². The first kappa shape index (κ1) is 18.3. The van der Waals surface area contributed by atoms with Gasteiger partial charge in [0.05, 0.1) is 6.54 Å². The molecule has 1 rings (SSSR count). The Morgan fingerprint density at radius 3 is 2.55 bits per heavy atom. The number of nitrogens with zero attached hydrogens (tertiary/aromatic N) is 2. The maximum atomic E-state index is 5.69. The number of nitrogens with one attached hydrogen (secondary N) is 2. The van der Waals surface area contributed by atoms with Crippen LogP contribution in [0.1, 0.15) is 18.9 Å². The normalized spacial score (nSPS) is 11.6. The Balaban J connectivity index is 2.25. The summed E-state index contributed by atoms with van der Waals surface area (Å²) in [6.07, 6.45) is 1.06. The van der Waals surface area contributed by atoms with Crippen LogP contribution in [0.4, 0.5) is 0 Å². The summed E-state index contributed by atoms with van der Waals surface area (Å²) in [6, 6.07) is 8.10. The smallest absolute Gasteiger partial charge is 0.191 e. The molecule has 2 N–H and O–H groups in total. The summed E-state index contributed by atoms with van der Waals surface area (Å²) in [4.78, 5) is 6.73. The summed E-state index contributed by atoms with van der Waals surface area (Å²) in [6.45, 7) is 8.23. The monoisotopic (exact) mass is 306 g/mol. The molecule has 0 heterocycles. The fourth-order valence-corrected chi connectivity index (χ4v) is 1.89. The van der Waals surface area contributed by atoms with E-state index < -0.39 is 0 Å². The van der Waals surface area contributed by atoms with Crippen molar-refractivity contribution in [3.63, 3.8) is 0 Å². The standard InChI is InChI=1S/C17H30N4O/c1-5-18-17(19-11-6-13-21(3)4)20-12-14-22-16-9-7-15(2)8-10-16/h7-10H,5-6,11-14H2,1-4H3,(H2,18,19,20). The van der Waals surface area contributed by atoms with Gasteiger partial charge in [-0.25, -0.2) is 0 Å². The number of benzene rings is 1. The van der Waals surface area contributed by atoms with Crippen molar-refractivity contribution in [3.05, 3.63) is 29.8 Å². The largest absolute Gasteiger partial charge is 0.492 e. The van der Waals surface area contributed by atoms with Gasteiger partial charge in [0.2, 0.25) is 0 Å². The van der Waals surface area contributed by atoms with E-state index in [1.807, 2.05) is 12.1 Å². The van der Waals surface area contributed by atoms with Crippen molar-refractivity contribution in [2.45, 2.75) is 20.3 Å². The van der Waals surface area contributed by atoms with Crippen molar-refractivity contribution >= 4 is 5.96 Å². The average Bonchev–Trinajstić information content (AvgIpc) is 2.49. The predicted octanol–water partition coefficient (Wildman–Crippen LogP) is 1.88. The molecule has 0 radical (unpaired) electrons. The molecule has 0 unspecified atom stereocenters. The van der Waals surface area contributed by atoms with Crippen LogP contribution in [0.25, 0.3) is 0 Å². The first-order valence-corrected chi connectivity index (χ1v) is 7.98. The number of hydrogen-bond acceptors (Lipinski definition) is 3. The highest BCUT2D eigenvalue weighted by molar-refractivity contribution is 5.79. The second-order valence-electron chi connectivity index (χ2n) is 5.51. The van der Waals surface area contributed by atoms with Crippen LogP contribution in [-0.2, 0) is 0 Å². The number of rotatable bonds is 9. The molecule has 22 heavy (non-hydrogen) atoms. The molecule has 5 heteroatoms. The van der Waals surface area contributed by atoms with Crippen molar-refractivity contribution in [1.29, 1.82) is 0 Å². The molecule has 124 valence electrons. The Morgan fingerprint density at radius 1 is 1.18 bits per heavy atom.